The summed E-state index contributed by atoms with van der Waals surface area (Å²) in [7, 11) is 2.05. The summed E-state index contributed by atoms with van der Waals surface area (Å²) in [5, 5.41) is 11.9. The Labute approximate surface area is 116 Å². The summed E-state index contributed by atoms with van der Waals surface area (Å²) in [6, 6.07) is 0.597. The summed E-state index contributed by atoms with van der Waals surface area (Å²) in [6.07, 6.45) is 2.58. The number of aromatic nitrogens is 3. The SMILES string of the molecule is Cc1nnc(CN2CCC(CNC(C)C)CC2)n1C. The highest BCUT2D eigenvalue weighted by molar-refractivity contribution is 4.93. The quantitative estimate of drug-likeness (QED) is 0.872. The number of piperidine rings is 1. The van der Waals surface area contributed by atoms with Crippen LogP contribution in [0.4, 0.5) is 0 Å². The van der Waals surface area contributed by atoms with Gasteiger partial charge >= 0.3 is 0 Å². The fourth-order valence-corrected chi connectivity index (χ4v) is 2.54. The van der Waals surface area contributed by atoms with Gasteiger partial charge in [0.15, 0.2) is 0 Å². The predicted molar refractivity (Wildman–Crippen MR) is 76.9 cm³/mol. The molecule has 2 rings (SSSR count). The van der Waals surface area contributed by atoms with E-state index in [9.17, 15) is 0 Å². The Hall–Kier alpha value is -0.940. The Bertz CT molecular complexity index is 391. The van der Waals surface area contributed by atoms with E-state index in [1.807, 2.05) is 14.0 Å². The third kappa shape index (κ3) is 4.01. The predicted octanol–water partition coefficient (Wildman–Crippen LogP) is 1.33. The van der Waals surface area contributed by atoms with E-state index in [0.717, 1.165) is 30.7 Å². The molecule has 1 aromatic rings. The smallest absolute Gasteiger partial charge is 0.146 e. The van der Waals surface area contributed by atoms with Crippen molar-refractivity contribution in [3.8, 4) is 0 Å². The molecule has 0 spiro atoms. The van der Waals surface area contributed by atoms with Crippen LogP contribution in [-0.2, 0) is 13.6 Å². The Morgan fingerprint density at radius 2 is 1.95 bits per heavy atom. The summed E-state index contributed by atoms with van der Waals surface area (Å²) >= 11 is 0. The number of nitrogens with one attached hydrogen (secondary N) is 1. The van der Waals surface area contributed by atoms with E-state index in [4.69, 9.17) is 0 Å². The van der Waals surface area contributed by atoms with Gasteiger partial charge in [0, 0.05) is 13.1 Å². The molecule has 0 atom stereocenters. The zero-order valence-corrected chi connectivity index (χ0v) is 12.7. The van der Waals surface area contributed by atoms with Crippen LogP contribution in [0, 0.1) is 12.8 Å². The highest BCUT2D eigenvalue weighted by Crippen LogP contribution is 2.18. The normalized spacial score (nSPS) is 18.4. The third-order valence-corrected chi connectivity index (χ3v) is 4.07. The standard InChI is InChI=1S/C14H27N5/c1-11(2)15-9-13-5-7-19(8-6-13)10-14-17-16-12(3)18(14)4/h11,13,15H,5-10H2,1-4H3. The molecule has 0 saturated carbocycles. The van der Waals surface area contributed by atoms with Crippen molar-refractivity contribution in [3.05, 3.63) is 11.6 Å². The van der Waals surface area contributed by atoms with Crippen molar-refractivity contribution >= 4 is 0 Å². The first-order chi connectivity index (χ1) is 9.06. The van der Waals surface area contributed by atoms with E-state index >= 15 is 0 Å². The number of hydrogen-bond donors (Lipinski definition) is 1. The number of likely N-dealkylation sites (tertiary alicyclic amines) is 1. The lowest BCUT2D eigenvalue weighted by molar-refractivity contribution is 0.169. The second-order valence-electron chi connectivity index (χ2n) is 6.00. The van der Waals surface area contributed by atoms with E-state index in [1.165, 1.54) is 25.9 Å². The maximum Gasteiger partial charge on any atom is 0.146 e. The zero-order chi connectivity index (χ0) is 13.8. The van der Waals surface area contributed by atoms with Crippen LogP contribution in [-0.4, -0.2) is 45.3 Å². The zero-order valence-electron chi connectivity index (χ0n) is 12.7. The Balaban J connectivity index is 1.76. The van der Waals surface area contributed by atoms with Crippen LogP contribution in [0.2, 0.25) is 0 Å². The van der Waals surface area contributed by atoms with Crippen molar-refractivity contribution in [2.45, 2.75) is 46.2 Å². The largest absolute Gasteiger partial charge is 0.317 e. The molecule has 1 aliphatic heterocycles. The molecule has 0 amide bonds. The Morgan fingerprint density at radius 1 is 1.26 bits per heavy atom. The molecule has 0 aromatic carbocycles. The minimum Gasteiger partial charge on any atom is -0.317 e. The molecule has 0 aliphatic carbocycles. The van der Waals surface area contributed by atoms with Gasteiger partial charge in [-0.1, -0.05) is 13.8 Å². The van der Waals surface area contributed by atoms with E-state index in [2.05, 4.69) is 38.8 Å². The monoisotopic (exact) mass is 265 g/mol. The minimum atomic E-state index is 0.597. The summed E-state index contributed by atoms with van der Waals surface area (Å²) in [5.41, 5.74) is 0. The van der Waals surface area contributed by atoms with E-state index in [-0.39, 0.29) is 0 Å². The van der Waals surface area contributed by atoms with E-state index < -0.39 is 0 Å². The highest BCUT2D eigenvalue weighted by atomic mass is 15.3. The lowest BCUT2D eigenvalue weighted by Gasteiger charge is -2.32. The van der Waals surface area contributed by atoms with Crippen LogP contribution in [0.3, 0.4) is 0 Å². The molecule has 1 fully saturated rings. The Kier molecular flexibility index (Phi) is 4.93. The molecular weight excluding hydrogens is 238 g/mol. The van der Waals surface area contributed by atoms with Crippen molar-refractivity contribution < 1.29 is 0 Å². The molecule has 1 N–H and O–H groups in total. The van der Waals surface area contributed by atoms with Gasteiger partial charge in [-0.2, -0.15) is 0 Å². The average molecular weight is 265 g/mol. The molecule has 0 radical (unpaired) electrons. The fraction of sp³-hybridized carbons (Fsp3) is 0.857. The van der Waals surface area contributed by atoms with Crippen LogP contribution in [0.5, 0.6) is 0 Å². The van der Waals surface area contributed by atoms with Gasteiger partial charge in [-0.3, -0.25) is 4.90 Å². The lowest BCUT2D eigenvalue weighted by Crippen LogP contribution is -2.38. The van der Waals surface area contributed by atoms with Crippen LogP contribution < -0.4 is 5.32 Å². The molecule has 1 aliphatic rings. The van der Waals surface area contributed by atoms with Crippen LogP contribution >= 0.6 is 0 Å². The van der Waals surface area contributed by atoms with Gasteiger partial charge in [-0.25, -0.2) is 0 Å². The first-order valence-corrected chi connectivity index (χ1v) is 7.37. The molecule has 19 heavy (non-hydrogen) atoms. The minimum absolute atomic E-state index is 0.597. The van der Waals surface area contributed by atoms with Crippen LogP contribution in [0.1, 0.15) is 38.3 Å². The van der Waals surface area contributed by atoms with Gasteiger partial charge in [-0.05, 0) is 45.3 Å². The summed E-state index contributed by atoms with van der Waals surface area (Å²) in [4.78, 5) is 2.50. The molecule has 5 heteroatoms. The van der Waals surface area contributed by atoms with Crippen LogP contribution in [0.15, 0.2) is 0 Å². The first-order valence-electron chi connectivity index (χ1n) is 7.37. The van der Waals surface area contributed by atoms with E-state index in [1.54, 1.807) is 0 Å². The highest BCUT2D eigenvalue weighted by Gasteiger charge is 2.20. The van der Waals surface area contributed by atoms with Crippen molar-refractivity contribution in [1.29, 1.82) is 0 Å². The van der Waals surface area contributed by atoms with Crippen LogP contribution in [0.25, 0.3) is 0 Å². The molecule has 0 unspecified atom stereocenters. The summed E-state index contributed by atoms with van der Waals surface area (Å²) in [5.74, 6) is 2.90. The van der Waals surface area contributed by atoms with E-state index in [0.29, 0.717) is 6.04 Å². The third-order valence-electron chi connectivity index (χ3n) is 4.07. The number of hydrogen-bond acceptors (Lipinski definition) is 4. The first kappa shape index (κ1) is 14.5. The average Bonchev–Trinajstić information content (AvgIpc) is 2.70. The van der Waals surface area contributed by atoms with Crippen molar-refractivity contribution in [1.82, 2.24) is 25.0 Å². The van der Waals surface area contributed by atoms with Gasteiger partial charge < -0.3 is 9.88 Å². The molecule has 1 aromatic heterocycles. The van der Waals surface area contributed by atoms with Crippen molar-refractivity contribution in [2.24, 2.45) is 13.0 Å². The Morgan fingerprint density at radius 3 is 2.47 bits per heavy atom. The molecule has 108 valence electrons. The lowest BCUT2D eigenvalue weighted by atomic mass is 9.96. The number of aryl methyl sites for hydroxylation is 1. The number of rotatable bonds is 5. The second kappa shape index (κ2) is 6.48. The molecular formula is C14H27N5. The maximum atomic E-state index is 4.25. The van der Waals surface area contributed by atoms with Crippen molar-refractivity contribution in [2.75, 3.05) is 19.6 Å². The fourth-order valence-electron chi connectivity index (χ4n) is 2.54. The summed E-state index contributed by atoms with van der Waals surface area (Å²) in [6.45, 7) is 10.9. The van der Waals surface area contributed by atoms with Gasteiger partial charge in [0.05, 0.1) is 6.54 Å². The van der Waals surface area contributed by atoms with Gasteiger partial charge in [-0.15, -0.1) is 10.2 Å². The molecule has 2 heterocycles. The topological polar surface area (TPSA) is 46.0 Å². The second-order valence-corrected chi connectivity index (χ2v) is 6.00. The van der Waals surface area contributed by atoms with Crippen molar-refractivity contribution in [3.63, 3.8) is 0 Å². The molecule has 5 nitrogen and oxygen atoms in total. The summed E-state index contributed by atoms with van der Waals surface area (Å²) < 4.78 is 2.09. The van der Waals surface area contributed by atoms with Gasteiger partial charge in [0.2, 0.25) is 0 Å². The molecule has 0 bridgehead atoms. The van der Waals surface area contributed by atoms with Gasteiger partial charge in [0.1, 0.15) is 11.6 Å². The van der Waals surface area contributed by atoms with Gasteiger partial charge in [0.25, 0.3) is 0 Å². The molecule has 1 saturated heterocycles. The number of nitrogens with zero attached hydrogens (tertiary/aromatic N) is 4. The maximum absolute atomic E-state index is 4.25.